The molecule has 0 amide bonds. The normalized spacial score (nSPS) is 10.9. The molecule has 1 aromatic rings. The summed E-state index contributed by atoms with van der Waals surface area (Å²) in [6.07, 6.45) is 1.54. The van der Waals surface area contributed by atoms with E-state index in [0.717, 1.165) is 26.1 Å². The standard InChI is InChI=1S/C14H21FN2O/c1-16-9-3-10-17(2)11-8-14(18)12-4-6-13(15)7-5-12/h4-7,16H,3,8-11H2,1-2H3. The molecule has 1 rings (SSSR count). The summed E-state index contributed by atoms with van der Waals surface area (Å²) >= 11 is 0. The molecular formula is C14H21FN2O. The molecule has 0 fully saturated rings. The molecule has 0 heterocycles. The van der Waals surface area contributed by atoms with Gasteiger partial charge >= 0.3 is 0 Å². The molecule has 4 heteroatoms. The molecule has 0 unspecified atom stereocenters. The lowest BCUT2D eigenvalue weighted by Crippen LogP contribution is -2.25. The Morgan fingerprint density at radius 2 is 1.94 bits per heavy atom. The second-order valence-electron chi connectivity index (χ2n) is 4.44. The average molecular weight is 252 g/mol. The number of benzene rings is 1. The van der Waals surface area contributed by atoms with Crippen molar-refractivity contribution in [3.63, 3.8) is 0 Å². The first kappa shape index (κ1) is 14.8. The monoisotopic (exact) mass is 252 g/mol. The van der Waals surface area contributed by atoms with E-state index in [1.54, 1.807) is 12.1 Å². The SMILES string of the molecule is CNCCCN(C)CCC(=O)c1ccc(F)cc1. The quantitative estimate of drug-likeness (QED) is 0.567. The molecule has 0 saturated carbocycles. The van der Waals surface area contributed by atoms with Crippen molar-refractivity contribution in [2.24, 2.45) is 0 Å². The first-order chi connectivity index (χ1) is 8.63. The van der Waals surface area contributed by atoms with Crippen LogP contribution >= 0.6 is 0 Å². The summed E-state index contributed by atoms with van der Waals surface area (Å²) in [6, 6.07) is 5.73. The Hall–Kier alpha value is -1.26. The highest BCUT2D eigenvalue weighted by Gasteiger charge is 2.07. The summed E-state index contributed by atoms with van der Waals surface area (Å²) in [4.78, 5) is 14.0. The number of hydrogen-bond acceptors (Lipinski definition) is 3. The van der Waals surface area contributed by atoms with Crippen molar-refractivity contribution in [2.75, 3.05) is 33.7 Å². The molecule has 100 valence electrons. The van der Waals surface area contributed by atoms with Crippen LogP contribution in [0.1, 0.15) is 23.2 Å². The fourth-order valence-electron chi connectivity index (χ4n) is 1.71. The van der Waals surface area contributed by atoms with Crippen LogP contribution in [0.2, 0.25) is 0 Å². The van der Waals surface area contributed by atoms with E-state index in [1.165, 1.54) is 12.1 Å². The van der Waals surface area contributed by atoms with E-state index >= 15 is 0 Å². The Morgan fingerprint density at radius 1 is 1.28 bits per heavy atom. The molecular weight excluding hydrogens is 231 g/mol. The van der Waals surface area contributed by atoms with Crippen LogP contribution in [-0.4, -0.2) is 44.4 Å². The third kappa shape index (κ3) is 5.38. The molecule has 0 atom stereocenters. The number of nitrogens with zero attached hydrogens (tertiary/aromatic N) is 1. The number of hydrogen-bond donors (Lipinski definition) is 1. The summed E-state index contributed by atoms with van der Waals surface area (Å²) in [5, 5.41) is 3.09. The molecule has 0 aromatic heterocycles. The van der Waals surface area contributed by atoms with E-state index in [9.17, 15) is 9.18 Å². The summed E-state index contributed by atoms with van der Waals surface area (Å²) in [5.41, 5.74) is 0.583. The van der Waals surface area contributed by atoms with Gasteiger partial charge in [0.05, 0.1) is 0 Å². The van der Waals surface area contributed by atoms with E-state index < -0.39 is 0 Å². The maximum absolute atomic E-state index is 12.7. The number of ketones is 1. The Morgan fingerprint density at radius 3 is 2.56 bits per heavy atom. The lowest BCUT2D eigenvalue weighted by Gasteiger charge is -2.15. The summed E-state index contributed by atoms with van der Waals surface area (Å²) in [6.45, 7) is 2.69. The van der Waals surface area contributed by atoms with E-state index in [4.69, 9.17) is 0 Å². The number of carbonyl (C=O) groups excluding carboxylic acids is 1. The van der Waals surface area contributed by atoms with Gasteiger partial charge in [-0.2, -0.15) is 0 Å². The molecule has 0 aliphatic carbocycles. The van der Waals surface area contributed by atoms with Crippen molar-refractivity contribution >= 4 is 5.78 Å². The van der Waals surface area contributed by atoms with Gasteiger partial charge in [0.15, 0.2) is 5.78 Å². The Bertz CT molecular complexity index is 365. The minimum atomic E-state index is -0.310. The van der Waals surface area contributed by atoms with Gasteiger partial charge in [0, 0.05) is 18.5 Å². The lowest BCUT2D eigenvalue weighted by molar-refractivity contribution is 0.0969. The van der Waals surface area contributed by atoms with Gasteiger partial charge in [0.2, 0.25) is 0 Å². The number of Topliss-reactive ketones (excluding diaryl/α,β-unsaturated/α-hetero) is 1. The van der Waals surface area contributed by atoms with Gasteiger partial charge in [-0.1, -0.05) is 0 Å². The zero-order valence-electron chi connectivity index (χ0n) is 11.1. The molecule has 0 radical (unpaired) electrons. The van der Waals surface area contributed by atoms with Crippen LogP contribution in [0.4, 0.5) is 4.39 Å². The minimum Gasteiger partial charge on any atom is -0.320 e. The van der Waals surface area contributed by atoms with Gasteiger partial charge in [0.1, 0.15) is 5.82 Å². The Kier molecular flexibility index (Phi) is 6.54. The molecule has 3 nitrogen and oxygen atoms in total. The number of carbonyl (C=O) groups is 1. The lowest BCUT2D eigenvalue weighted by atomic mass is 10.1. The fraction of sp³-hybridized carbons (Fsp3) is 0.500. The van der Waals surface area contributed by atoms with Crippen molar-refractivity contribution in [3.05, 3.63) is 35.6 Å². The van der Waals surface area contributed by atoms with Crippen molar-refractivity contribution in [1.82, 2.24) is 10.2 Å². The molecule has 0 aliphatic rings. The highest BCUT2D eigenvalue weighted by Crippen LogP contribution is 2.06. The Balaban J connectivity index is 2.30. The third-order valence-electron chi connectivity index (χ3n) is 2.85. The molecule has 1 N–H and O–H groups in total. The molecule has 18 heavy (non-hydrogen) atoms. The fourth-order valence-corrected chi connectivity index (χ4v) is 1.71. The van der Waals surface area contributed by atoms with Crippen LogP contribution in [0, 0.1) is 5.82 Å². The van der Waals surface area contributed by atoms with Crippen LogP contribution in [0.5, 0.6) is 0 Å². The van der Waals surface area contributed by atoms with E-state index in [-0.39, 0.29) is 11.6 Å². The zero-order chi connectivity index (χ0) is 13.4. The molecule has 0 bridgehead atoms. The van der Waals surface area contributed by atoms with Crippen LogP contribution < -0.4 is 5.32 Å². The van der Waals surface area contributed by atoms with Crippen LogP contribution in [-0.2, 0) is 0 Å². The van der Waals surface area contributed by atoms with E-state index in [2.05, 4.69) is 10.2 Å². The van der Waals surface area contributed by atoms with Gasteiger partial charge < -0.3 is 10.2 Å². The predicted octanol–water partition coefficient (Wildman–Crippen LogP) is 1.94. The van der Waals surface area contributed by atoms with Gasteiger partial charge in [-0.05, 0) is 57.9 Å². The number of nitrogens with one attached hydrogen (secondary N) is 1. The van der Waals surface area contributed by atoms with Crippen molar-refractivity contribution in [3.8, 4) is 0 Å². The molecule has 0 aliphatic heterocycles. The van der Waals surface area contributed by atoms with Gasteiger partial charge in [-0.25, -0.2) is 4.39 Å². The molecule has 0 saturated heterocycles. The highest BCUT2D eigenvalue weighted by molar-refractivity contribution is 5.96. The predicted molar refractivity (Wildman–Crippen MR) is 71.4 cm³/mol. The first-order valence-corrected chi connectivity index (χ1v) is 6.25. The smallest absolute Gasteiger partial charge is 0.164 e. The van der Waals surface area contributed by atoms with Gasteiger partial charge in [-0.3, -0.25) is 4.79 Å². The van der Waals surface area contributed by atoms with Crippen LogP contribution in [0.3, 0.4) is 0 Å². The zero-order valence-corrected chi connectivity index (χ0v) is 11.1. The number of rotatable bonds is 8. The van der Waals surface area contributed by atoms with Crippen molar-refractivity contribution < 1.29 is 9.18 Å². The summed E-state index contributed by atoms with van der Waals surface area (Å²) < 4.78 is 12.7. The number of halogens is 1. The van der Waals surface area contributed by atoms with Crippen LogP contribution in [0.25, 0.3) is 0 Å². The maximum Gasteiger partial charge on any atom is 0.164 e. The summed E-state index contributed by atoms with van der Waals surface area (Å²) in [5.74, 6) is -0.244. The second kappa shape index (κ2) is 7.95. The van der Waals surface area contributed by atoms with Gasteiger partial charge in [-0.15, -0.1) is 0 Å². The molecule has 0 spiro atoms. The third-order valence-corrected chi connectivity index (χ3v) is 2.85. The van der Waals surface area contributed by atoms with E-state index in [1.807, 2.05) is 14.1 Å². The molecule has 1 aromatic carbocycles. The van der Waals surface area contributed by atoms with E-state index in [0.29, 0.717) is 12.0 Å². The average Bonchev–Trinajstić information content (AvgIpc) is 2.37. The minimum absolute atomic E-state index is 0.0652. The van der Waals surface area contributed by atoms with Crippen LogP contribution in [0.15, 0.2) is 24.3 Å². The van der Waals surface area contributed by atoms with Crippen molar-refractivity contribution in [1.29, 1.82) is 0 Å². The second-order valence-corrected chi connectivity index (χ2v) is 4.44. The van der Waals surface area contributed by atoms with Gasteiger partial charge in [0.25, 0.3) is 0 Å². The van der Waals surface area contributed by atoms with Crippen molar-refractivity contribution in [2.45, 2.75) is 12.8 Å². The summed E-state index contributed by atoms with van der Waals surface area (Å²) in [7, 11) is 3.94. The maximum atomic E-state index is 12.7. The highest BCUT2D eigenvalue weighted by atomic mass is 19.1. The Labute approximate surface area is 108 Å². The topological polar surface area (TPSA) is 32.3 Å². The largest absolute Gasteiger partial charge is 0.320 e. The first-order valence-electron chi connectivity index (χ1n) is 6.25.